The Morgan fingerprint density at radius 3 is 2.62 bits per heavy atom. The van der Waals surface area contributed by atoms with E-state index in [0.29, 0.717) is 34.4 Å². The van der Waals surface area contributed by atoms with Crippen LogP contribution in [0.1, 0.15) is 27.3 Å². The topological polar surface area (TPSA) is 62.8 Å². The smallest absolute Gasteiger partial charge is 0.220 e. The second-order valence-corrected chi connectivity index (χ2v) is 8.60. The van der Waals surface area contributed by atoms with Crippen LogP contribution in [0.3, 0.4) is 0 Å². The van der Waals surface area contributed by atoms with Crippen molar-refractivity contribution in [3.05, 3.63) is 98.9 Å². The molecule has 4 aromatic rings. The van der Waals surface area contributed by atoms with Gasteiger partial charge in [-0.1, -0.05) is 64.2 Å². The van der Waals surface area contributed by atoms with Crippen LogP contribution >= 0.6 is 27.5 Å². The molecule has 0 atom stereocenters. The van der Waals surface area contributed by atoms with Gasteiger partial charge in [0, 0.05) is 32.3 Å². The lowest BCUT2D eigenvalue weighted by Gasteiger charge is -2.02. The van der Waals surface area contributed by atoms with E-state index < -0.39 is 11.5 Å². The van der Waals surface area contributed by atoms with Crippen LogP contribution in [0.4, 0.5) is 0 Å². The fourth-order valence-corrected chi connectivity index (χ4v) is 3.91. The van der Waals surface area contributed by atoms with Crippen molar-refractivity contribution in [1.29, 1.82) is 0 Å². The number of fused-ring (bicyclic) bond motifs is 1. The summed E-state index contributed by atoms with van der Waals surface area (Å²) in [6, 6.07) is 18.6. The Bertz CT molecular complexity index is 1300. The minimum Gasteiger partial charge on any atom is -0.354 e. The molecule has 0 unspecified atom stereocenters. The number of pyridine rings is 1. The van der Waals surface area contributed by atoms with Crippen LogP contribution in [0.15, 0.2) is 71.3 Å². The minimum absolute atomic E-state index is 0.372. The molecule has 0 amide bonds. The molecule has 0 saturated heterocycles. The van der Waals surface area contributed by atoms with Gasteiger partial charge in [0.05, 0.1) is 11.3 Å². The van der Waals surface area contributed by atoms with E-state index in [1.54, 1.807) is 18.3 Å². The standard InChI is InChI=1S/C25H18BBrClN2O2/c27-17-7-10-20-22(15-17)30-21(11-6-16-4-8-18(28)9-5-16)23(20)24(31)25(32)26-13-12-19-3-1-2-14-29-19/h1-11,14-15,30H,12-13H2/b11-6+. The Balaban J connectivity index is 1.59. The first-order chi connectivity index (χ1) is 15.5. The van der Waals surface area contributed by atoms with E-state index in [2.05, 4.69) is 25.9 Å². The maximum absolute atomic E-state index is 13.1. The van der Waals surface area contributed by atoms with Crippen molar-refractivity contribution in [2.75, 3.05) is 0 Å². The Hall–Kier alpha value is -2.96. The van der Waals surface area contributed by atoms with Crippen LogP contribution in [0.5, 0.6) is 0 Å². The lowest BCUT2D eigenvalue weighted by molar-refractivity contribution is -0.108. The molecule has 0 aliphatic carbocycles. The van der Waals surface area contributed by atoms with Gasteiger partial charge in [0.1, 0.15) is 0 Å². The Morgan fingerprint density at radius 2 is 1.88 bits per heavy atom. The molecule has 2 aromatic carbocycles. The molecule has 0 spiro atoms. The highest BCUT2D eigenvalue weighted by Gasteiger charge is 2.23. The molecular weight excluding hydrogens is 486 g/mol. The number of hydrogen-bond donors (Lipinski definition) is 1. The van der Waals surface area contributed by atoms with Gasteiger partial charge in [0.25, 0.3) is 0 Å². The number of carbonyl (C=O) groups excluding carboxylic acids is 2. The Labute approximate surface area is 200 Å². The van der Waals surface area contributed by atoms with E-state index in [9.17, 15) is 9.59 Å². The first kappa shape index (κ1) is 22.2. The van der Waals surface area contributed by atoms with Gasteiger partial charge in [-0.3, -0.25) is 9.78 Å². The van der Waals surface area contributed by atoms with Crippen LogP contribution in [0.2, 0.25) is 11.3 Å². The van der Waals surface area contributed by atoms with Gasteiger partial charge in [0.15, 0.2) is 5.68 Å². The lowest BCUT2D eigenvalue weighted by atomic mass is 9.66. The van der Waals surface area contributed by atoms with Gasteiger partial charge in [-0.2, -0.15) is 0 Å². The first-order valence-corrected chi connectivity index (χ1v) is 11.2. The summed E-state index contributed by atoms with van der Waals surface area (Å²) in [7, 11) is 1.45. The third-order valence-corrected chi connectivity index (χ3v) is 5.75. The molecular formula is C25H18BBrClN2O2. The highest BCUT2D eigenvalue weighted by atomic mass is 79.9. The van der Waals surface area contributed by atoms with Crippen LogP contribution < -0.4 is 0 Å². The molecule has 4 rings (SSSR count). The maximum atomic E-state index is 13.1. The summed E-state index contributed by atoms with van der Waals surface area (Å²) in [6.07, 6.45) is 6.45. The van der Waals surface area contributed by atoms with Crippen molar-refractivity contribution in [3.63, 3.8) is 0 Å². The summed E-state index contributed by atoms with van der Waals surface area (Å²) in [5, 5.41) is 1.36. The first-order valence-electron chi connectivity index (χ1n) is 10.1. The number of benzene rings is 2. The quantitative estimate of drug-likeness (QED) is 0.176. The molecule has 7 heteroatoms. The van der Waals surface area contributed by atoms with E-state index >= 15 is 0 Å². The molecule has 157 valence electrons. The average molecular weight is 505 g/mol. The average Bonchev–Trinajstić information content (AvgIpc) is 3.16. The number of aryl methyl sites for hydroxylation is 1. The number of rotatable bonds is 8. The van der Waals surface area contributed by atoms with E-state index in [0.717, 1.165) is 21.2 Å². The second kappa shape index (κ2) is 10.1. The van der Waals surface area contributed by atoms with Crippen molar-refractivity contribution >= 4 is 69.3 Å². The molecule has 0 bridgehead atoms. The Kier molecular flexibility index (Phi) is 7.03. The predicted molar refractivity (Wildman–Crippen MR) is 134 cm³/mol. The molecule has 2 heterocycles. The van der Waals surface area contributed by atoms with Crippen molar-refractivity contribution in [1.82, 2.24) is 9.97 Å². The summed E-state index contributed by atoms with van der Waals surface area (Å²) in [4.78, 5) is 33.4. The van der Waals surface area contributed by atoms with Gasteiger partial charge in [-0.05, 0) is 54.5 Å². The summed E-state index contributed by atoms with van der Waals surface area (Å²) >= 11 is 9.41. The van der Waals surface area contributed by atoms with Gasteiger partial charge < -0.3 is 9.78 Å². The number of halogens is 2. The van der Waals surface area contributed by atoms with Gasteiger partial charge in [0.2, 0.25) is 13.1 Å². The zero-order valence-electron chi connectivity index (χ0n) is 17.0. The monoisotopic (exact) mass is 503 g/mol. The number of Topliss-reactive ketones (excluding diaryl/α,β-unsaturated/α-hetero) is 1. The number of aromatic nitrogens is 2. The van der Waals surface area contributed by atoms with E-state index in [1.165, 1.54) is 7.28 Å². The summed E-state index contributed by atoms with van der Waals surface area (Å²) < 4.78 is 0.881. The largest absolute Gasteiger partial charge is 0.354 e. The number of aromatic amines is 1. The summed E-state index contributed by atoms with van der Waals surface area (Å²) in [5.74, 6) is -0.532. The van der Waals surface area contributed by atoms with Crippen molar-refractivity contribution < 1.29 is 9.59 Å². The maximum Gasteiger partial charge on any atom is 0.220 e. The molecule has 0 aliphatic heterocycles. The SMILES string of the molecule is O=C([B]CCc1ccccn1)C(=O)c1c(/C=C/c2ccc(Cl)cc2)[nH]c2cc(Br)ccc12. The third-order valence-electron chi connectivity index (χ3n) is 5.01. The fraction of sp³-hybridized carbons (Fsp3) is 0.0800. The van der Waals surface area contributed by atoms with Crippen LogP contribution in [0.25, 0.3) is 23.1 Å². The summed E-state index contributed by atoms with van der Waals surface area (Å²) in [6.45, 7) is 0. The van der Waals surface area contributed by atoms with E-state index in [1.807, 2.05) is 60.7 Å². The second-order valence-electron chi connectivity index (χ2n) is 7.25. The number of H-pyrrole nitrogens is 1. The van der Waals surface area contributed by atoms with Crippen molar-refractivity contribution in [2.24, 2.45) is 0 Å². The molecule has 0 fully saturated rings. The lowest BCUT2D eigenvalue weighted by Crippen LogP contribution is -2.21. The van der Waals surface area contributed by atoms with Crippen molar-refractivity contribution in [3.8, 4) is 0 Å². The van der Waals surface area contributed by atoms with Gasteiger partial charge >= 0.3 is 0 Å². The normalized spacial score (nSPS) is 11.2. The number of hydrogen-bond acceptors (Lipinski definition) is 3. The zero-order chi connectivity index (χ0) is 22.5. The number of carbonyl (C=O) groups is 2. The molecule has 1 N–H and O–H groups in total. The number of nitrogens with zero attached hydrogens (tertiary/aromatic N) is 1. The number of nitrogens with one attached hydrogen (secondary N) is 1. The number of ketones is 1. The van der Waals surface area contributed by atoms with Gasteiger partial charge in [-0.15, -0.1) is 0 Å². The van der Waals surface area contributed by atoms with Crippen LogP contribution in [-0.2, 0) is 11.2 Å². The van der Waals surface area contributed by atoms with Gasteiger partial charge in [-0.25, -0.2) is 0 Å². The molecule has 0 saturated carbocycles. The minimum atomic E-state index is -0.532. The van der Waals surface area contributed by atoms with Crippen LogP contribution in [0, 0.1) is 0 Å². The van der Waals surface area contributed by atoms with E-state index in [4.69, 9.17) is 11.6 Å². The molecule has 0 aliphatic rings. The van der Waals surface area contributed by atoms with Crippen LogP contribution in [-0.4, -0.2) is 28.7 Å². The third kappa shape index (κ3) is 5.26. The Morgan fingerprint density at radius 1 is 1.06 bits per heavy atom. The van der Waals surface area contributed by atoms with E-state index in [-0.39, 0.29) is 0 Å². The fourth-order valence-electron chi connectivity index (χ4n) is 3.43. The molecule has 4 nitrogen and oxygen atoms in total. The molecule has 32 heavy (non-hydrogen) atoms. The molecule has 2 aromatic heterocycles. The zero-order valence-corrected chi connectivity index (χ0v) is 19.4. The predicted octanol–water partition coefficient (Wildman–Crippen LogP) is 6.22. The van der Waals surface area contributed by atoms with Crippen molar-refractivity contribution in [2.45, 2.75) is 12.7 Å². The molecule has 1 radical (unpaired) electrons. The summed E-state index contributed by atoms with van der Waals surface area (Å²) in [5.41, 5.74) is 3.03. The highest BCUT2D eigenvalue weighted by Crippen LogP contribution is 2.28. The highest BCUT2D eigenvalue weighted by molar-refractivity contribution is 9.10.